The number of benzene rings is 2. The Bertz CT molecular complexity index is 841. The van der Waals surface area contributed by atoms with Gasteiger partial charge in [-0.15, -0.1) is 0 Å². The molecule has 5 heteroatoms. The van der Waals surface area contributed by atoms with Crippen LogP contribution in [0.3, 0.4) is 0 Å². The molecule has 5 nitrogen and oxygen atoms in total. The Balaban J connectivity index is 1.74. The molecule has 0 fully saturated rings. The van der Waals surface area contributed by atoms with Crippen LogP contribution in [-0.4, -0.2) is 29.9 Å². The zero-order valence-corrected chi connectivity index (χ0v) is 15.7. The van der Waals surface area contributed by atoms with Crippen LogP contribution in [0, 0.1) is 0 Å². The summed E-state index contributed by atoms with van der Waals surface area (Å²) in [6.07, 6.45) is 2.91. The number of carbonyl (C=O) groups is 1. The molecular weight excluding hydrogens is 326 g/mol. The molecule has 0 radical (unpaired) electrons. The van der Waals surface area contributed by atoms with Crippen molar-refractivity contribution >= 4 is 23.6 Å². The number of nitrogens with one attached hydrogen (secondary N) is 1. The monoisotopic (exact) mass is 351 g/mol. The van der Waals surface area contributed by atoms with Crippen molar-refractivity contribution in [3.8, 4) is 0 Å². The molecule has 0 saturated carbocycles. The Morgan fingerprint density at radius 2 is 1.96 bits per heavy atom. The third-order valence-electron chi connectivity index (χ3n) is 5.20. The minimum absolute atomic E-state index is 0.158. The number of anilines is 2. The molecule has 1 heterocycles. The van der Waals surface area contributed by atoms with E-state index in [-0.39, 0.29) is 11.1 Å². The van der Waals surface area contributed by atoms with Crippen molar-refractivity contribution in [3.05, 3.63) is 59.2 Å². The van der Waals surface area contributed by atoms with Crippen molar-refractivity contribution in [2.45, 2.75) is 38.6 Å². The lowest BCUT2D eigenvalue weighted by Crippen LogP contribution is -2.45. The third kappa shape index (κ3) is 3.57. The number of hydrazone groups is 1. The average molecular weight is 351 g/mol. The smallest absolute Gasteiger partial charge is 0.335 e. The Kier molecular flexibility index (Phi) is 4.72. The summed E-state index contributed by atoms with van der Waals surface area (Å²) in [6.45, 7) is 6.83. The molecule has 1 unspecified atom stereocenters. The molecule has 26 heavy (non-hydrogen) atoms. The largest absolute Gasteiger partial charge is 0.478 e. The Morgan fingerprint density at radius 1 is 1.27 bits per heavy atom. The van der Waals surface area contributed by atoms with Gasteiger partial charge in [0.2, 0.25) is 0 Å². The first kappa shape index (κ1) is 18.0. The lowest BCUT2D eigenvalue weighted by atomic mass is 9.80. The fourth-order valence-corrected chi connectivity index (χ4v) is 3.54. The molecular formula is C21H25N3O2. The van der Waals surface area contributed by atoms with Gasteiger partial charge in [-0.1, -0.05) is 13.0 Å². The lowest BCUT2D eigenvalue weighted by Gasteiger charge is -2.45. The Labute approximate surface area is 154 Å². The SMILES string of the molecule is CC1CC(C)(C)N(C)c2ccc(/C=N\Nc3ccc(C(=O)O)cc3)cc21. The average Bonchev–Trinajstić information content (AvgIpc) is 2.60. The van der Waals surface area contributed by atoms with Gasteiger partial charge in [-0.05, 0) is 73.7 Å². The van der Waals surface area contributed by atoms with Gasteiger partial charge in [0.15, 0.2) is 0 Å². The number of rotatable bonds is 4. The van der Waals surface area contributed by atoms with E-state index in [0.29, 0.717) is 5.92 Å². The topological polar surface area (TPSA) is 64.9 Å². The summed E-state index contributed by atoms with van der Waals surface area (Å²) in [5.74, 6) is -0.433. The molecule has 2 N–H and O–H groups in total. The van der Waals surface area contributed by atoms with E-state index in [1.165, 1.54) is 11.3 Å². The van der Waals surface area contributed by atoms with Crippen LogP contribution >= 0.6 is 0 Å². The summed E-state index contributed by atoms with van der Waals surface area (Å²) < 4.78 is 0. The van der Waals surface area contributed by atoms with Crippen LogP contribution in [0.5, 0.6) is 0 Å². The van der Waals surface area contributed by atoms with Crippen LogP contribution in [0.15, 0.2) is 47.6 Å². The number of aromatic carboxylic acids is 1. The van der Waals surface area contributed by atoms with Crippen molar-refractivity contribution in [2.75, 3.05) is 17.4 Å². The van der Waals surface area contributed by atoms with Gasteiger partial charge in [-0.2, -0.15) is 5.10 Å². The lowest BCUT2D eigenvalue weighted by molar-refractivity contribution is 0.0697. The maximum atomic E-state index is 10.9. The normalized spacial score (nSPS) is 18.6. The van der Waals surface area contributed by atoms with Crippen LogP contribution in [0.2, 0.25) is 0 Å². The van der Waals surface area contributed by atoms with E-state index in [9.17, 15) is 4.79 Å². The number of carboxylic acid groups (broad SMARTS) is 1. The van der Waals surface area contributed by atoms with Crippen LogP contribution in [-0.2, 0) is 0 Å². The van der Waals surface area contributed by atoms with E-state index in [1.54, 1.807) is 30.5 Å². The molecule has 1 atom stereocenters. The predicted molar refractivity (Wildman–Crippen MR) is 107 cm³/mol. The minimum atomic E-state index is -0.934. The number of hydrogen-bond donors (Lipinski definition) is 2. The highest BCUT2D eigenvalue weighted by molar-refractivity contribution is 5.88. The minimum Gasteiger partial charge on any atom is -0.478 e. The fourth-order valence-electron chi connectivity index (χ4n) is 3.54. The second kappa shape index (κ2) is 6.83. The fraction of sp³-hybridized carbons (Fsp3) is 0.333. The summed E-state index contributed by atoms with van der Waals surface area (Å²) in [5, 5.41) is 13.2. The van der Waals surface area contributed by atoms with Crippen LogP contribution in [0.25, 0.3) is 0 Å². The number of hydrogen-bond acceptors (Lipinski definition) is 4. The van der Waals surface area contributed by atoms with Crippen LogP contribution < -0.4 is 10.3 Å². The first-order valence-electron chi connectivity index (χ1n) is 8.78. The second-order valence-corrected chi connectivity index (χ2v) is 7.55. The highest BCUT2D eigenvalue weighted by Gasteiger charge is 2.33. The highest BCUT2D eigenvalue weighted by Crippen LogP contribution is 2.42. The summed E-state index contributed by atoms with van der Waals surface area (Å²) in [7, 11) is 2.15. The Morgan fingerprint density at radius 3 is 2.62 bits per heavy atom. The van der Waals surface area contributed by atoms with E-state index in [0.717, 1.165) is 17.7 Å². The van der Waals surface area contributed by atoms with Gasteiger partial charge >= 0.3 is 5.97 Å². The highest BCUT2D eigenvalue weighted by atomic mass is 16.4. The maximum Gasteiger partial charge on any atom is 0.335 e. The van der Waals surface area contributed by atoms with Crippen LogP contribution in [0.1, 0.15) is 54.6 Å². The van der Waals surface area contributed by atoms with E-state index < -0.39 is 5.97 Å². The van der Waals surface area contributed by atoms with Crippen molar-refractivity contribution in [1.82, 2.24) is 0 Å². The van der Waals surface area contributed by atoms with Crippen molar-refractivity contribution in [1.29, 1.82) is 0 Å². The first-order chi connectivity index (χ1) is 12.3. The molecule has 2 aromatic rings. The summed E-state index contributed by atoms with van der Waals surface area (Å²) in [5.41, 5.74) is 7.78. The van der Waals surface area contributed by atoms with Gasteiger partial charge in [-0.3, -0.25) is 5.43 Å². The molecule has 1 aliphatic heterocycles. The third-order valence-corrected chi connectivity index (χ3v) is 5.20. The molecule has 0 saturated heterocycles. The molecule has 1 aliphatic rings. The molecule has 0 aromatic heterocycles. The summed E-state index contributed by atoms with van der Waals surface area (Å²) in [4.78, 5) is 13.2. The molecule has 2 aromatic carbocycles. The van der Waals surface area contributed by atoms with Gasteiger partial charge in [0.25, 0.3) is 0 Å². The van der Waals surface area contributed by atoms with Gasteiger partial charge in [0.1, 0.15) is 0 Å². The van der Waals surface area contributed by atoms with Gasteiger partial charge < -0.3 is 10.0 Å². The molecule has 0 spiro atoms. The first-order valence-corrected chi connectivity index (χ1v) is 8.78. The quantitative estimate of drug-likeness (QED) is 0.626. The second-order valence-electron chi connectivity index (χ2n) is 7.55. The molecule has 0 bridgehead atoms. The summed E-state index contributed by atoms with van der Waals surface area (Å²) in [6, 6.07) is 12.9. The van der Waals surface area contributed by atoms with E-state index >= 15 is 0 Å². The standard InChI is InChI=1S/C21H25N3O2/c1-14-12-21(2,3)24(4)19-10-5-15(11-18(14)19)13-22-23-17-8-6-16(7-9-17)20(25)26/h5-11,13-14,23H,12H2,1-4H3,(H,25,26)/b22-13-. The zero-order valence-electron chi connectivity index (χ0n) is 15.7. The van der Waals surface area contributed by atoms with Gasteiger partial charge in [0.05, 0.1) is 17.5 Å². The number of nitrogens with zero attached hydrogens (tertiary/aromatic N) is 2. The van der Waals surface area contributed by atoms with Crippen molar-refractivity contribution in [2.24, 2.45) is 5.10 Å². The number of fused-ring (bicyclic) bond motifs is 1. The van der Waals surface area contributed by atoms with Crippen molar-refractivity contribution in [3.63, 3.8) is 0 Å². The predicted octanol–water partition coefficient (Wildman–Crippen LogP) is 4.55. The molecule has 0 amide bonds. The van der Waals surface area contributed by atoms with Gasteiger partial charge in [0, 0.05) is 18.3 Å². The molecule has 0 aliphatic carbocycles. The van der Waals surface area contributed by atoms with Crippen LogP contribution in [0.4, 0.5) is 11.4 Å². The van der Waals surface area contributed by atoms with E-state index in [1.807, 2.05) is 0 Å². The summed E-state index contributed by atoms with van der Waals surface area (Å²) >= 11 is 0. The van der Waals surface area contributed by atoms with E-state index in [4.69, 9.17) is 5.11 Å². The van der Waals surface area contributed by atoms with E-state index in [2.05, 4.69) is 61.4 Å². The Hall–Kier alpha value is -2.82. The molecule has 136 valence electrons. The van der Waals surface area contributed by atoms with Crippen molar-refractivity contribution < 1.29 is 9.90 Å². The van der Waals surface area contributed by atoms with Gasteiger partial charge in [-0.25, -0.2) is 4.79 Å². The maximum absolute atomic E-state index is 10.9. The zero-order chi connectivity index (χ0) is 18.9. The molecule has 3 rings (SSSR count). The number of carboxylic acids is 1.